The van der Waals surface area contributed by atoms with Crippen molar-refractivity contribution in [3.63, 3.8) is 0 Å². The Morgan fingerprint density at radius 2 is 2.03 bits per heavy atom. The molecule has 5 nitrogen and oxygen atoms in total. The normalized spacial score (nSPS) is 17.7. The van der Waals surface area contributed by atoms with E-state index in [4.69, 9.17) is 4.74 Å². The Morgan fingerprint density at radius 3 is 2.62 bits per heavy atom. The summed E-state index contributed by atoms with van der Waals surface area (Å²) in [5, 5.41) is 0. The quantitative estimate of drug-likeness (QED) is 0.340. The number of nitrogens with one attached hydrogen (secondary N) is 1. The fourth-order valence-corrected chi connectivity index (χ4v) is 4.82. The second-order valence-corrected chi connectivity index (χ2v) is 17.9. The summed E-state index contributed by atoms with van der Waals surface area (Å²) in [5.41, 5.74) is 1.90. The lowest BCUT2D eigenvalue weighted by molar-refractivity contribution is 0.0895. The molecule has 1 fully saturated rings. The molecule has 162 valence electrons. The zero-order chi connectivity index (χ0) is 21.4. The third-order valence-electron chi connectivity index (χ3n) is 5.16. The highest BCUT2D eigenvalue weighted by atomic mass is 32.2. The Bertz CT molecular complexity index is 843. The van der Waals surface area contributed by atoms with E-state index in [1.165, 1.54) is 0 Å². The maximum Gasteiger partial charge on any atom is 0.149 e. The van der Waals surface area contributed by atoms with Crippen LogP contribution >= 0.6 is 0 Å². The van der Waals surface area contributed by atoms with Crippen molar-refractivity contribution in [2.45, 2.75) is 76.8 Å². The lowest BCUT2D eigenvalue weighted by Gasteiger charge is -2.28. The second-order valence-electron chi connectivity index (χ2n) is 10.2. The Balaban J connectivity index is 1.77. The Kier molecular flexibility index (Phi) is 6.80. The van der Waals surface area contributed by atoms with Crippen LogP contribution in [0.5, 0.6) is 0 Å². The van der Waals surface area contributed by atoms with Crippen molar-refractivity contribution in [2.75, 3.05) is 6.61 Å². The molecule has 0 amide bonds. The van der Waals surface area contributed by atoms with Crippen molar-refractivity contribution in [1.29, 1.82) is 0 Å². The predicted octanol–water partition coefficient (Wildman–Crippen LogP) is 4.99. The van der Waals surface area contributed by atoms with Gasteiger partial charge >= 0.3 is 0 Å². The van der Waals surface area contributed by atoms with E-state index in [1.54, 1.807) is 17.0 Å². The summed E-state index contributed by atoms with van der Waals surface area (Å²) >= 11 is -1.21. The van der Waals surface area contributed by atoms with E-state index in [2.05, 4.69) is 29.3 Å². The topological polar surface area (TPSA) is 62.1 Å². The summed E-state index contributed by atoms with van der Waals surface area (Å²) in [5.74, 6) is 0.0860. The van der Waals surface area contributed by atoms with Crippen LogP contribution < -0.4 is 4.72 Å². The van der Waals surface area contributed by atoms with Gasteiger partial charge in [-0.1, -0.05) is 19.6 Å². The lowest BCUT2D eigenvalue weighted by Crippen LogP contribution is -2.41. The third kappa shape index (κ3) is 6.04. The van der Waals surface area contributed by atoms with Crippen LogP contribution in [0.4, 0.5) is 4.39 Å². The summed E-state index contributed by atoms with van der Waals surface area (Å²) < 4.78 is 38.0. The van der Waals surface area contributed by atoms with Crippen molar-refractivity contribution in [1.82, 2.24) is 14.3 Å². The fourth-order valence-electron chi connectivity index (χ4n) is 3.15. The number of hydrogen-bond donors (Lipinski definition) is 1. The van der Waals surface area contributed by atoms with Crippen LogP contribution in [0, 0.1) is 11.7 Å². The highest BCUT2D eigenvalue weighted by Crippen LogP contribution is 2.42. The van der Waals surface area contributed by atoms with E-state index in [1.807, 2.05) is 26.8 Å². The maximum atomic E-state index is 15.0. The average Bonchev–Trinajstić information content (AvgIpc) is 3.34. The molecule has 0 unspecified atom stereocenters. The van der Waals surface area contributed by atoms with Crippen LogP contribution in [0.15, 0.2) is 18.5 Å². The van der Waals surface area contributed by atoms with Gasteiger partial charge in [-0.25, -0.2) is 9.37 Å². The lowest BCUT2D eigenvalue weighted by atomic mass is 10.0. The summed E-state index contributed by atoms with van der Waals surface area (Å²) in [4.78, 5) is 4.41. The number of aromatic nitrogens is 2. The minimum atomic E-state index is -1.21. The van der Waals surface area contributed by atoms with Crippen LogP contribution in [0.2, 0.25) is 25.7 Å². The Hall–Kier alpha value is -0.933. The van der Waals surface area contributed by atoms with E-state index in [9.17, 15) is 4.55 Å². The van der Waals surface area contributed by atoms with Gasteiger partial charge < -0.3 is 13.9 Å². The molecular weight excluding hydrogens is 405 g/mol. The average molecular weight is 440 g/mol. The number of nitrogens with zero attached hydrogens (tertiary/aromatic N) is 2. The molecule has 29 heavy (non-hydrogen) atoms. The van der Waals surface area contributed by atoms with Gasteiger partial charge in [-0.3, -0.25) is 0 Å². The molecule has 0 saturated heterocycles. The molecule has 2 aromatic rings. The molecule has 1 N–H and O–H groups in total. The number of hydrogen-bond acceptors (Lipinski definition) is 4. The molecule has 3 rings (SSSR count). The third-order valence-corrected chi connectivity index (χ3v) is 8.44. The molecular formula is C21H34FN3O2SSi. The van der Waals surface area contributed by atoms with E-state index in [-0.39, 0.29) is 16.6 Å². The molecule has 0 bridgehead atoms. The summed E-state index contributed by atoms with van der Waals surface area (Å²) in [6, 6.07) is 4.45. The van der Waals surface area contributed by atoms with Gasteiger partial charge in [0.1, 0.15) is 22.8 Å². The molecule has 1 heterocycles. The van der Waals surface area contributed by atoms with Crippen molar-refractivity contribution in [3.05, 3.63) is 29.8 Å². The van der Waals surface area contributed by atoms with Crippen LogP contribution in [-0.4, -0.2) is 33.5 Å². The number of benzene rings is 1. The standard InChI is InChI=1S/C21H34FN3O2SSi/c1-21(2,3)28(26)24-19(15-7-8-15)16-11-17(22)20-18(12-16)23-13-25(20)14-27-9-10-29(4,5)6/h11-13,15,19,24H,7-10,14H2,1-6H3/t19-,28+/m1/s1. The summed E-state index contributed by atoms with van der Waals surface area (Å²) in [6.07, 6.45) is 3.77. The number of rotatable bonds is 9. The first-order valence-electron chi connectivity index (χ1n) is 10.4. The van der Waals surface area contributed by atoms with Gasteiger partial charge in [-0.15, -0.1) is 4.72 Å². The fraction of sp³-hybridized carbons (Fsp3) is 0.667. The maximum absolute atomic E-state index is 15.0. The first kappa shape index (κ1) is 22.7. The molecule has 0 radical (unpaired) electrons. The smallest absolute Gasteiger partial charge is 0.149 e. The van der Waals surface area contributed by atoms with Crippen molar-refractivity contribution < 1.29 is 13.7 Å². The monoisotopic (exact) mass is 439 g/mol. The summed E-state index contributed by atoms with van der Waals surface area (Å²) in [6.45, 7) is 13.7. The largest absolute Gasteiger partial charge is 0.598 e. The van der Waals surface area contributed by atoms with E-state index >= 15 is 4.39 Å². The van der Waals surface area contributed by atoms with Crippen LogP contribution in [0.1, 0.15) is 45.2 Å². The van der Waals surface area contributed by atoms with Crippen LogP contribution in [0.25, 0.3) is 11.0 Å². The molecule has 8 heteroatoms. The highest BCUT2D eigenvalue weighted by molar-refractivity contribution is 7.90. The van der Waals surface area contributed by atoms with Crippen molar-refractivity contribution in [2.24, 2.45) is 5.92 Å². The van der Waals surface area contributed by atoms with Crippen molar-refractivity contribution in [3.8, 4) is 0 Å². The zero-order valence-electron chi connectivity index (χ0n) is 18.4. The minimum Gasteiger partial charge on any atom is -0.598 e. The van der Waals surface area contributed by atoms with Crippen molar-refractivity contribution >= 4 is 30.5 Å². The van der Waals surface area contributed by atoms with E-state index < -0.39 is 19.4 Å². The van der Waals surface area contributed by atoms with Gasteiger partial charge in [0, 0.05) is 26.0 Å². The minimum absolute atomic E-state index is 0.118. The number of imidazole rings is 1. The second kappa shape index (κ2) is 8.67. The zero-order valence-corrected chi connectivity index (χ0v) is 20.2. The Morgan fingerprint density at radius 1 is 1.34 bits per heavy atom. The van der Waals surface area contributed by atoms with Gasteiger partial charge in [0.05, 0.1) is 17.9 Å². The first-order chi connectivity index (χ1) is 13.5. The molecule has 0 spiro atoms. The molecule has 1 aliphatic carbocycles. The predicted molar refractivity (Wildman–Crippen MR) is 120 cm³/mol. The van der Waals surface area contributed by atoms with Gasteiger partial charge in [0.25, 0.3) is 0 Å². The van der Waals surface area contributed by atoms with E-state index in [0.717, 1.165) is 24.4 Å². The van der Waals surface area contributed by atoms with E-state index in [0.29, 0.717) is 30.3 Å². The molecule has 1 aromatic carbocycles. The number of ether oxygens (including phenoxy) is 1. The molecule has 1 aromatic heterocycles. The van der Waals surface area contributed by atoms with Gasteiger partial charge in [-0.2, -0.15) is 0 Å². The molecule has 0 aliphatic heterocycles. The number of fused-ring (bicyclic) bond motifs is 1. The van der Waals surface area contributed by atoms with Crippen LogP contribution in [-0.2, 0) is 22.8 Å². The first-order valence-corrected chi connectivity index (χ1v) is 15.2. The van der Waals surface area contributed by atoms with Gasteiger partial charge in [-0.05, 0) is 63.3 Å². The Labute approximate surface area is 177 Å². The van der Waals surface area contributed by atoms with Gasteiger partial charge in [0.15, 0.2) is 0 Å². The number of halogens is 1. The van der Waals surface area contributed by atoms with Gasteiger partial charge in [0.2, 0.25) is 0 Å². The summed E-state index contributed by atoms with van der Waals surface area (Å²) in [7, 11) is -1.15. The molecule has 1 saturated carbocycles. The molecule has 1 aliphatic rings. The van der Waals surface area contributed by atoms with Crippen LogP contribution in [0.3, 0.4) is 0 Å². The SMILES string of the molecule is CC(C)(C)[S@+]([O-])N[C@@H](c1cc(F)c2c(c1)ncn2COCC[Si](C)(C)C)C1CC1. The molecule has 2 atom stereocenters. The highest BCUT2D eigenvalue weighted by Gasteiger charge is 2.38.